The molecule has 4 heteroatoms. The second-order valence-corrected chi connectivity index (χ2v) is 7.18. The molecule has 2 aromatic rings. The highest BCUT2D eigenvalue weighted by Crippen LogP contribution is 2.38. The first-order valence-electron chi connectivity index (χ1n) is 8.77. The summed E-state index contributed by atoms with van der Waals surface area (Å²) in [5, 5.41) is 2.17. The molecule has 4 rings (SSSR count). The van der Waals surface area contributed by atoms with Crippen molar-refractivity contribution in [3.63, 3.8) is 0 Å². The summed E-state index contributed by atoms with van der Waals surface area (Å²) in [5.74, 6) is 0. The molecule has 1 saturated heterocycles. The van der Waals surface area contributed by atoms with Gasteiger partial charge in [-0.1, -0.05) is 24.3 Å². The summed E-state index contributed by atoms with van der Waals surface area (Å²) in [4.78, 5) is 3.74. The monoisotopic (exact) mass is 341 g/mol. The van der Waals surface area contributed by atoms with Crippen LogP contribution in [0, 0.1) is 0 Å². The van der Waals surface area contributed by atoms with Crippen LogP contribution in [-0.2, 0) is 9.47 Å². The van der Waals surface area contributed by atoms with Gasteiger partial charge in [-0.25, -0.2) is 0 Å². The number of anilines is 2. The van der Waals surface area contributed by atoms with Crippen molar-refractivity contribution in [1.82, 2.24) is 0 Å². The number of ether oxygens (including phenoxy) is 2. The average molecular weight is 341 g/mol. The lowest BCUT2D eigenvalue weighted by atomic mass is 10.1. The molecule has 3 heterocycles. The molecular weight excluding hydrogens is 318 g/mol. The number of rotatable bonds is 5. The SMILES string of the molecule is C1=Cc2sccc2N(CCCOC2CCCCO2)c2ccccc21. The van der Waals surface area contributed by atoms with E-state index in [9.17, 15) is 0 Å². The van der Waals surface area contributed by atoms with Gasteiger partial charge in [0.05, 0.1) is 17.2 Å². The molecule has 1 fully saturated rings. The van der Waals surface area contributed by atoms with Crippen molar-refractivity contribution in [2.45, 2.75) is 32.0 Å². The highest BCUT2D eigenvalue weighted by molar-refractivity contribution is 7.11. The topological polar surface area (TPSA) is 21.7 Å². The van der Waals surface area contributed by atoms with Crippen molar-refractivity contribution in [2.75, 3.05) is 24.7 Å². The zero-order chi connectivity index (χ0) is 16.2. The molecule has 0 bridgehead atoms. The van der Waals surface area contributed by atoms with E-state index in [2.05, 4.69) is 52.8 Å². The van der Waals surface area contributed by atoms with Gasteiger partial charge < -0.3 is 14.4 Å². The Bertz CT molecular complexity index is 703. The van der Waals surface area contributed by atoms with Crippen LogP contribution in [0.3, 0.4) is 0 Å². The van der Waals surface area contributed by atoms with Crippen molar-refractivity contribution in [3.05, 3.63) is 46.2 Å². The Kier molecular flexibility index (Phi) is 4.97. The summed E-state index contributed by atoms with van der Waals surface area (Å²) in [7, 11) is 0. The van der Waals surface area contributed by atoms with E-state index in [-0.39, 0.29) is 6.29 Å². The first-order valence-corrected chi connectivity index (χ1v) is 9.65. The van der Waals surface area contributed by atoms with Crippen LogP contribution in [0.25, 0.3) is 12.2 Å². The zero-order valence-corrected chi connectivity index (χ0v) is 14.6. The van der Waals surface area contributed by atoms with Gasteiger partial charge in [0, 0.05) is 18.8 Å². The van der Waals surface area contributed by atoms with E-state index in [1.54, 1.807) is 11.3 Å². The molecule has 1 unspecified atom stereocenters. The highest BCUT2D eigenvalue weighted by Gasteiger charge is 2.19. The maximum Gasteiger partial charge on any atom is 0.157 e. The van der Waals surface area contributed by atoms with Crippen LogP contribution < -0.4 is 4.90 Å². The first kappa shape index (κ1) is 15.9. The molecular formula is C20H23NO2S. The Morgan fingerprint density at radius 2 is 2.08 bits per heavy atom. The number of hydrogen-bond acceptors (Lipinski definition) is 4. The molecule has 0 aliphatic carbocycles. The molecule has 2 aliphatic rings. The maximum absolute atomic E-state index is 5.90. The molecule has 0 radical (unpaired) electrons. The summed E-state index contributed by atoms with van der Waals surface area (Å²) in [6.45, 7) is 2.54. The summed E-state index contributed by atoms with van der Waals surface area (Å²) >= 11 is 1.80. The molecule has 3 nitrogen and oxygen atoms in total. The van der Waals surface area contributed by atoms with Gasteiger partial charge in [0.1, 0.15) is 0 Å². The number of hydrogen-bond donors (Lipinski definition) is 0. The number of thiophene rings is 1. The molecule has 0 saturated carbocycles. The van der Waals surface area contributed by atoms with E-state index in [1.807, 2.05) is 0 Å². The third kappa shape index (κ3) is 3.41. The molecule has 126 valence electrons. The van der Waals surface area contributed by atoms with Crippen molar-refractivity contribution in [3.8, 4) is 0 Å². The van der Waals surface area contributed by atoms with Crippen LogP contribution in [0.15, 0.2) is 35.7 Å². The summed E-state index contributed by atoms with van der Waals surface area (Å²) in [5.41, 5.74) is 3.85. The van der Waals surface area contributed by atoms with Crippen molar-refractivity contribution >= 4 is 34.9 Å². The van der Waals surface area contributed by atoms with Crippen LogP contribution in [0.5, 0.6) is 0 Å². The van der Waals surface area contributed by atoms with Crippen LogP contribution in [0.1, 0.15) is 36.1 Å². The number of benzene rings is 1. The normalized spacial score (nSPS) is 19.7. The van der Waals surface area contributed by atoms with E-state index in [0.717, 1.165) is 32.6 Å². The van der Waals surface area contributed by atoms with Gasteiger partial charge >= 0.3 is 0 Å². The quantitative estimate of drug-likeness (QED) is 0.689. The number of para-hydroxylation sites is 1. The lowest BCUT2D eigenvalue weighted by molar-refractivity contribution is -0.162. The molecule has 24 heavy (non-hydrogen) atoms. The van der Waals surface area contributed by atoms with Crippen molar-refractivity contribution < 1.29 is 9.47 Å². The standard InChI is InChI=1S/C20H23NO2S/c1-2-7-17-16(6-1)9-10-19-18(11-15-24-19)21(17)12-5-14-23-20-8-3-4-13-22-20/h1-2,6-7,9-11,15,20H,3-5,8,12-14H2. The Hall–Kier alpha value is -1.62. The maximum atomic E-state index is 5.90. The second kappa shape index (κ2) is 7.51. The predicted octanol–water partition coefficient (Wildman–Crippen LogP) is 5.30. The molecule has 1 aromatic heterocycles. The molecule has 0 N–H and O–H groups in total. The molecule has 0 amide bonds. The van der Waals surface area contributed by atoms with E-state index >= 15 is 0 Å². The Morgan fingerprint density at radius 1 is 1.12 bits per heavy atom. The minimum absolute atomic E-state index is 0.00791. The van der Waals surface area contributed by atoms with E-state index in [1.165, 1.54) is 34.7 Å². The summed E-state index contributed by atoms with van der Waals surface area (Å²) < 4.78 is 11.5. The lowest BCUT2D eigenvalue weighted by Gasteiger charge is -2.26. The van der Waals surface area contributed by atoms with Gasteiger partial charge in [-0.2, -0.15) is 0 Å². The molecule has 1 atom stereocenters. The van der Waals surface area contributed by atoms with Gasteiger partial charge in [-0.15, -0.1) is 11.3 Å². The fraction of sp³-hybridized carbons (Fsp3) is 0.400. The third-order valence-corrected chi connectivity index (χ3v) is 5.45. The van der Waals surface area contributed by atoms with Crippen molar-refractivity contribution in [2.24, 2.45) is 0 Å². The lowest BCUT2D eigenvalue weighted by Crippen LogP contribution is -2.25. The molecule has 1 aromatic carbocycles. The number of fused-ring (bicyclic) bond motifs is 2. The fourth-order valence-corrected chi connectivity index (χ4v) is 4.14. The minimum atomic E-state index is 0.00791. The third-order valence-electron chi connectivity index (χ3n) is 4.57. The number of nitrogens with zero attached hydrogens (tertiary/aromatic N) is 1. The largest absolute Gasteiger partial charge is 0.353 e. The Morgan fingerprint density at radius 3 is 3.00 bits per heavy atom. The average Bonchev–Trinajstić information content (AvgIpc) is 3.04. The van der Waals surface area contributed by atoms with Crippen LogP contribution in [0.2, 0.25) is 0 Å². The smallest absolute Gasteiger partial charge is 0.157 e. The second-order valence-electron chi connectivity index (χ2n) is 6.23. The zero-order valence-electron chi connectivity index (χ0n) is 13.8. The van der Waals surface area contributed by atoms with Gasteiger partial charge in [0.25, 0.3) is 0 Å². The first-order chi connectivity index (χ1) is 11.9. The highest BCUT2D eigenvalue weighted by atomic mass is 32.1. The Labute approximate surface area is 147 Å². The van der Waals surface area contributed by atoms with E-state index in [4.69, 9.17) is 9.47 Å². The molecule has 0 spiro atoms. The van der Waals surface area contributed by atoms with E-state index < -0.39 is 0 Å². The summed E-state index contributed by atoms with van der Waals surface area (Å²) in [6, 6.07) is 10.8. The van der Waals surface area contributed by atoms with Crippen LogP contribution in [0.4, 0.5) is 11.4 Å². The van der Waals surface area contributed by atoms with E-state index in [0.29, 0.717) is 0 Å². The van der Waals surface area contributed by atoms with Gasteiger partial charge in [0.15, 0.2) is 6.29 Å². The van der Waals surface area contributed by atoms with Gasteiger partial charge in [-0.3, -0.25) is 0 Å². The van der Waals surface area contributed by atoms with Crippen molar-refractivity contribution in [1.29, 1.82) is 0 Å². The summed E-state index contributed by atoms with van der Waals surface area (Å²) in [6.07, 6.45) is 8.86. The molecule has 2 aliphatic heterocycles. The van der Waals surface area contributed by atoms with Crippen LogP contribution in [-0.4, -0.2) is 26.0 Å². The van der Waals surface area contributed by atoms with Gasteiger partial charge in [-0.05, 0) is 54.8 Å². The fourth-order valence-electron chi connectivity index (χ4n) is 3.35. The predicted molar refractivity (Wildman–Crippen MR) is 101 cm³/mol. The van der Waals surface area contributed by atoms with Gasteiger partial charge in [0.2, 0.25) is 0 Å². The Balaban J connectivity index is 1.43. The minimum Gasteiger partial charge on any atom is -0.353 e. The van der Waals surface area contributed by atoms with Crippen LogP contribution >= 0.6 is 11.3 Å².